The summed E-state index contributed by atoms with van der Waals surface area (Å²) in [6.07, 6.45) is 13.0. The van der Waals surface area contributed by atoms with E-state index < -0.39 is 11.6 Å². The predicted octanol–water partition coefficient (Wildman–Crippen LogP) is 5.18. The fraction of sp³-hybridized carbons (Fsp3) is 0.486. The van der Waals surface area contributed by atoms with Crippen LogP contribution in [0.25, 0.3) is 32.9 Å². The minimum absolute atomic E-state index is 0.00123. The lowest BCUT2D eigenvalue weighted by molar-refractivity contribution is 0.163. The molecular formula is C37H36F2N6O2. The van der Waals surface area contributed by atoms with Crippen LogP contribution in [0.15, 0.2) is 24.3 Å². The number of phenols is 1. The number of terminal acetylenes is 1. The van der Waals surface area contributed by atoms with E-state index in [-0.39, 0.29) is 45.6 Å². The van der Waals surface area contributed by atoms with Gasteiger partial charge in [0.1, 0.15) is 28.6 Å². The molecule has 47 heavy (non-hydrogen) atoms. The highest BCUT2D eigenvalue weighted by molar-refractivity contribution is 6.03. The van der Waals surface area contributed by atoms with Gasteiger partial charge in [0, 0.05) is 60.7 Å². The van der Waals surface area contributed by atoms with Gasteiger partial charge < -0.3 is 25.0 Å². The molecule has 5 fully saturated rings. The smallest absolute Gasteiger partial charge is 0.319 e. The van der Waals surface area contributed by atoms with Crippen LogP contribution in [0.5, 0.6) is 11.8 Å². The predicted molar refractivity (Wildman–Crippen MR) is 174 cm³/mol. The molecule has 5 atom stereocenters. The van der Waals surface area contributed by atoms with Crippen LogP contribution >= 0.6 is 0 Å². The number of aryl methyl sites for hydroxylation is 1. The van der Waals surface area contributed by atoms with Crippen molar-refractivity contribution in [3.8, 4) is 35.4 Å². The molecule has 2 aromatic carbocycles. The number of aromatic nitrogens is 3. The number of likely N-dealkylation sites (tertiary alicyclic amines) is 1. The van der Waals surface area contributed by atoms with E-state index in [9.17, 15) is 9.50 Å². The van der Waals surface area contributed by atoms with Gasteiger partial charge in [-0.2, -0.15) is 9.97 Å². The number of anilines is 1. The molecule has 10 heteroatoms. The molecule has 2 unspecified atom stereocenters. The van der Waals surface area contributed by atoms with Crippen LogP contribution in [-0.2, 0) is 6.42 Å². The lowest BCUT2D eigenvalue weighted by atomic mass is 9.95. The highest BCUT2D eigenvalue weighted by atomic mass is 19.1. The topological polar surface area (TPSA) is 86.6 Å². The molecule has 4 aliphatic heterocycles. The zero-order valence-corrected chi connectivity index (χ0v) is 26.1. The van der Waals surface area contributed by atoms with Crippen molar-refractivity contribution in [2.75, 3.05) is 37.7 Å². The zero-order chi connectivity index (χ0) is 31.6. The molecule has 2 saturated carbocycles. The van der Waals surface area contributed by atoms with Crippen molar-refractivity contribution < 1.29 is 18.6 Å². The second-order valence-corrected chi connectivity index (χ2v) is 15.0. The van der Waals surface area contributed by atoms with E-state index in [0.29, 0.717) is 52.8 Å². The van der Waals surface area contributed by atoms with E-state index in [0.717, 1.165) is 57.0 Å². The number of aromatic hydroxyl groups is 1. The monoisotopic (exact) mass is 634 g/mol. The van der Waals surface area contributed by atoms with Gasteiger partial charge in [-0.25, -0.2) is 13.8 Å². The van der Waals surface area contributed by atoms with E-state index in [1.54, 1.807) is 0 Å². The molecule has 0 radical (unpaired) electrons. The number of nitrogens with zero attached hydrogens (tertiary/aromatic N) is 5. The van der Waals surface area contributed by atoms with Gasteiger partial charge in [0.05, 0.1) is 23.3 Å². The fourth-order valence-corrected chi connectivity index (χ4v) is 9.20. The summed E-state index contributed by atoms with van der Waals surface area (Å²) >= 11 is 0. The van der Waals surface area contributed by atoms with Crippen molar-refractivity contribution in [2.45, 2.75) is 63.1 Å². The number of phenolic OH excluding ortho intramolecular Hbond substituents is 1. The first-order valence-corrected chi connectivity index (χ1v) is 17.1. The molecule has 8 nitrogen and oxygen atoms in total. The first-order valence-electron chi connectivity index (χ1n) is 17.1. The van der Waals surface area contributed by atoms with Crippen molar-refractivity contribution in [1.29, 1.82) is 0 Å². The Morgan fingerprint density at radius 3 is 2.70 bits per heavy atom. The number of pyridine rings is 1. The Bertz CT molecular complexity index is 2030. The first kappa shape index (κ1) is 28.0. The van der Waals surface area contributed by atoms with Crippen LogP contribution in [0.3, 0.4) is 0 Å². The quantitative estimate of drug-likeness (QED) is 0.281. The van der Waals surface area contributed by atoms with Crippen LogP contribution in [0, 0.1) is 41.2 Å². The fourth-order valence-electron chi connectivity index (χ4n) is 9.20. The second-order valence-electron chi connectivity index (χ2n) is 15.0. The molecule has 240 valence electrons. The number of hydrogen-bond donors (Lipinski definition) is 2. The summed E-state index contributed by atoms with van der Waals surface area (Å²) in [4.78, 5) is 19.6. The van der Waals surface area contributed by atoms with Gasteiger partial charge in [-0.15, -0.1) is 6.42 Å². The second kappa shape index (κ2) is 9.97. The Balaban J connectivity index is 1.12. The molecular weight excluding hydrogens is 598 g/mol. The van der Waals surface area contributed by atoms with Crippen molar-refractivity contribution >= 4 is 27.5 Å². The van der Waals surface area contributed by atoms with Crippen molar-refractivity contribution in [3.05, 3.63) is 47.2 Å². The lowest BCUT2D eigenvalue weighted by Gasteiger charge is -2.41. The summed E-state index contributed by atoms with van der Waals surface area (Å²) in [5.74, 6) is 3.54. The van der Waals surface area contributed by atoms with Gasteiger partial charge in [0.2, 0.25) is 0 Å². The van der Waals surface area contributed by atoms with Gasteiger partial charge in [-0.3, -0.25) is 0 Å². The van der Waals surface area contributed by atoms with Crippen LogP contribution in [0.2, 0.25) is 0 Å². The number of fused-ring (bicyclic) bond motifs is 7. The Labute approximate surface area is 271 Å². The minimum atomic E-state index is -0.662. The maximum atomic E-state index is 17.1. The Morgan fingerprint density at radius 2 is 1.89 bits per heavy atom. The molecule has 2 aliphatic carbocycles. The summed E-state index contributed by atoms with van der Waals surface area (Å²) in [5, 5.41) is 15.9. The summed E-state index contributed by atoms with van der Waals surface area (Å²) < 4.78 is 38.5. The highest BCUT2D eigenvalue weighted by Crippen LogP contribution is 2.51. The van der Waals surface area contributed by atoms with E-state index in [2.05, 4.69) is 21.0 Å². The third kappa shape index (κ3) is 4.42. The first-order chi connectivity index (χ1) is 22.9. The average molecular weight is 635 g/mol. The number of piperidine rings is 1. The number of piperazine rings is 1. The molecule has 2 aromatic heterocycles. The largest absolute Gasteiger partial charge is 0.508 e. The zero-order valence-electron chi connectivity index (χ0n) is 26.1. The Morgan fingerprint density at radius 1 is 1.04 bits per heavy atom. The van der Waals surface area contributed by atoms with Crippen LogP contribution in [0.4, 0.5) is 14.6 Å². The minimum Gasteiger partial charge on any atom is -0.508 e. The number of halogens is 2. The maximum absolute atomic E-state index is 17.1. The molecule has 10 rings (SSSR count). The molecule has 6 heterocycles. The van der Waals surface area contributed by atoms with Gasteiger partial charge in [0.25, 0.3) is 0 Å². The average Bonchev–Trinajstić information content (AvgIpc) is 3.94. The van der Waals surface area contributed by atoms with E-state index in [1.165, 1.54) is 43.8 Å². The number of rotatable bonds is 6. The van der Waals surface area contributed by atoms with E-state index in [1.807, 2.05) is 0 Å². The van der Waals surface area contributed by atoms with Gasteiger partial charge in [-0.05, 0) is 80.4 Å². The van der Waals surface area contributed by atoms with Crippen molar-refractivity contribution in [1.82, 2.24) is 25.2 Å². The Kier molecular flexibility index (Phi) is 5.94. The normalized spacial score (nSPS) is 28.2. The number of ether oxygens (including phenoxy) is 1. The van der Waals surface area contributed by atoms with Crippen molar-refractivity contribution in [3.63, 3.8) is 0 Å². The summed E-state index contributed by atoms with van der Waals surface area (Å²) in [5.41, 5.74) is 1.12. The molecule has 6 aliphatic rings. The molecule has 2 bridgehead atoms. The summed E-state index contributed by atoms with van der Waals surface area (Å²) in [6, 6.07) is 6.73. The molecule has 3 saturated heterocycles. The van der Waals surface area contributed by atoms with Gasteiger partial charge in [-0.1, -0.05) is 12.0 Å². The Hall–Kier alpha value is -4.07. The van der Waals surface area contributed by atoms with Crippen LogP contribution < -0.4 is 15.0 Å². The SMILES string of the molecule is C#Cc1c(F)ccc2cc(O)cc(-c3nc4c5c(nc(OCC6(CN7CC8CC8C7)CC6)nc5c3F)N3C[C@H]5CC[C@H](N5)[C@H]3CC4)c12. The van der Waals surface area contributed by atoms with E-state index >= 15 is 4.39 Å². The van der Waals surface area contributed by atoms with Crippen LogP contribution in [-0.4, -0.2) is 75.9 Å². The van der Waals surface area contributed by atoms with Crippen molar-refractivity contribution in [2.24, 2.45) is 17.3 Å². The number of hydrogen-bond acceptors (Lipinski definition) is 8. The van der Waals surface area contributed by atoms with Crippen LogP contribution in [0.1, 0.15) is 49.8 Å². The van der Waals surface area contributed by atoms with Gasteiger partial charge in [0.15, 0.2) is 5.82 Å². The summed E-state index contributed by atoms with van der Waals surface area (Å²) in [7, 11) is 0. The molecule has 4 aromatic rings. The standard InChI is InChI=1S/C37H36F2N6O2/c1-2-24-26(38)5-3-19-12-23(46)13-25(30(19)24)33-32(39)34-31-28(41-33)7-8-29-27-6-4-22(40-27)16-45(29)35(31)43-36(42-34)47-18-37(9-10-37)17-44-14-20-11-21(20)15-44/h1,3,5,12-13,20-22,27,29,40,46H,4,6-11,14-18H2/t20?,21?,22-,27+,29-/m1/s1. The maximum Gasteiger partial charge on any atom is 0.319 e. The van der Waals surface area contributed by atoms with E-state index in [4.69, 9.17) is 26.1 Å². The highest BCUT2D eigenvalue weighted by Gasteiger charge is 2.51. The molecule has 0 amide bonds. The molecule has 2 N–H and O–H groups in total. The third-order valence-corrected chi connectivity index (χ3v) is 11.9. The molecule has 0 spiro atoms. The number of benzene rings is 2. The van der Waals surface area contributed by atoms with Gasteiger partial charge >= 0.3 is 6.01 Å². The third-order valence-electron chi connectivity index (χ3n) is 11.9. The number of nitrogens with one attached hydrogen (secondary N) is 1. The lowest BCUT2D eigenvalue weighted by Crippen LogP contribution is -2.58. The summed E-state index contributed by atoms with van der Waals surface area (Å²) in [6.45, 7) is 4.67.